The SMILES string of the molecule is Cc1ccccc1-c1c2c(c(-c3cccc4ccccc34)c3ccccc13)-c1ccc3c4cccc5cccc(c6ccc-2c1c63)c54. The van der Waals surface area contributed by atoms with Crippen LogP contribution in [0, 0.1) is 6.92 Å². The van der Waals surface area contributed by atoms with Gasteiger partial charge in [0.1, 0.15) is 0 Å². The Morgan fingerprint density at radius 2 is 0.723 bits per heavy atom. The standard InChI is InChI=1S/C47H28/c1-27-11-2-4-16-30(27)42-35-18-6-7-19-36(35)44(32-20-8-13-28-12-3-5-17-31(28)32)47-40-26-24-38-34-22-10-15-29-14-9-21-33(41(29)34)37-23-25-39(46(42)47)45(40)43(37)38/h2-26H,1H3. The van der Waals surface area contributed by atoms with E-state index in [4.69, 9.17) is 0 Å². The predicted octanol–water partition coefficient (Wildman–Crippen LogP) is 13.3. The fourth-order valence-corrected chi connectivity index (χ4v) is 8.98. The topological polar surface area (TPSA) is 0 Å². The van der Waals surface area contributed by atoms with Crippen LogP contribution in [0.15, 0.2) is 152 Å². The Morgan fingerprint density at radius 3 is 1.40 bits per heavy atom. The summed E-state index contributed by atoms with van der Waals surface area (Å²) in [5.74, 6) is 0. The summed E-state index contributed by atoms with van der Waals surface area (Å²) in [4.78, 5) is 0. The Labute approximate surface area is 272 Å². The van der Waals surface area contributed by atoms with E-state index in [0.29, 0.717) is 0 Å². The Morgan fingerprint density at radius 1 is 0.255 bits per heavy atom. The number of hydrogen-bond donors (Lipinski definition) is 0. The van der Waals surface area contributed by atoms with Crippen LogP contribution in [-0.4, -0.2) is 0 Å². The molecular weight excluding hydrogens is 565 g/mol. The third-order valence-electron chi connectivity index (χ3n) is 10.9. The lowest BCUT2D eigenvalue weighted by atomic mass is 9.81. The molecule has 0 radical (unpaired) electrons. The number of fused-ring (bicyclic) bond motifs is 7. The molecule has 0 saturated heterocycles. The molecule has 11 rings (SSSR count). The first-order valence-corrected chi connectivity index (χ1v) is 16.5. The number of benzene rings is 10. The molecular formula is C47H28. The Hall–Kier alpha value is -5.98. The minimum absolute atomic E-state index is 1.27. The van der Waals surface area contributed by atoms with Gasteiger partial charge in [0.25, 0.3) is 0 Å². The second kappa shape index (κ2) is 9.06. The lowest BCUT2D eigenvalue weighted by molar-refractivity contribution is 1.47. The molecule has 0 atom stereocenters. The normalized spacial score (nSPS) is 12.4. The molecule has 0 spiro atoms. The Bertz CT molecular complexity index is 2900. The largest absolute Gasteiger partial charge is 0.0620 e. The van der Waals surface area contributed by atoms with Gasteiger partial charge in [-0.3, -0.25) is 0 Å². The molecule has 1 aliphatic carbocycles. The van der Waals surface area contributed by atoms with E-state index in [-0.39, 0.29) is 0 Å². The highest BCUT2D eigenvalue weighted by molar-refractivity contribution is 6.39. The molecule has 0 nitrogen and oxygen atoms in total. The van der Waals surface area contributed by atoms with E-state index >= 15 is 0 Å². The zero-order valence-electron chi connectivity index (χ0n) is 25.9. The summed E-state index contributed by atoms with van der Waals surface area (Å²) in [6.45, 7) is 2.25. The van der Waals surface area contributed by atoms with E-state index in [1.807, 2.05) is 0 Å². The van der Waals surface area contributed by atoms with E-state index in [9.17, 15) is 0 Å². The first kappa shape index (κ1) is 25.2. The van der Waals surface area contributed by atoms with Crippen LogP contribution in [0.3, 0.4) is 0 Å². The monoisotopic (exact) mass is 592 g/mol. The van der Waals surface area contributed by atoms with Crippen molar-refractivity contribution in [3.05, 3.63) is 157 Å². The molecule has 10 aromatic carbocycles. The van der Waals surface area contributed by atoms with E-state index in [0.717, 1.165) is 0 Å². The van der Waals surface area contributed by atoms with Crippen LogP contribution in [-0.2, 0) is 0 Å². The van der Waals surface area contributed by atoms with Crippen LogP contribution in [0.1, 0.15) is 5.56 Å². The van der Waals surface area contributed by atoms with Gasteiger partial charge in [0.15, 0.2) is 0 Å². The molecule has 0 saturated carbocycles. The second-order valence-corrected chi connectivity index (χ2v) is 13.2. The van der Waals surface area contributed by atoms with Gasteiger partial charge in [0.05, 0.1) is 0 Å². The zero-order chi connectivity index (χ0) is 30.8. The molecule has 0 bridgehead atoms. The third kappa shape index (κ3) is 3.17. The van der Waals surface area contributed by atoms with Gasteiger partial charge in [0.2, 0.25) is 0 Å². The van der Waals surface area contributed by atoms with Crippen LogP contribution in [0.25, 0.3) is 109 Å². The minimum Gasteiger partial charge on any atom is -0.0620 e. The maximum absolute atomic E-state index is 2.43. The van der Waals surface area contributed by atoms with Crippen LogP contribution in [0.2, 0.25) is 0 Å². The summed E-state index contributed by atoms with van der Waals surface area (Å²) in [5.41, 5.74) is 11.9. The molecule has 1 aliphatic rings. The van der Waals surface area contributed by atoms with E-state index in [2.05, 4.69) is 159 Å². The molecule has 0 heterocycles. The molecule has 0 N–H and O–H groups in total. The number of rotatable bonds is 2. The van der Waals surface area contributed by atoms with Crippen molar-refractivity contribution in [3.8, 4) is 44.5 Å². The van der Waals surface area contributed by atoms with Crippen molar-refractivity contribution in [1.82, 2.24) is 0 Å². The van der Waals surface area contributed by atoms with Gasteiger partial charge in [0, 0.05) is 0 Å². The molecule has 10 aromatic rings. The first-order valence-electron chi connectivity index (χ1n) is 16.5. The summed E-state index contributed by atoms with van der Waals surface area (Å²) in [5, 5.41) is 15.9. The summed E-state index contributed by atoms with van der Waals surface area (Å²) in [7, 11) is 0. The lowest BCUT2D eigenvalue weighted by Gasteiger charge is -2.22. The maximum atomic E-state index is 2.43. The van der Waals surface area contributed by atoms with Gasteiger partial charge >= 0.3 is 0 Å². The number of aryl methyl sites for hydroxylation is 1. The van der Waals surface area contributed by atoms with Gasteiger partial charge in [-0.25, -0.2) is 0 Å². The lowest BCUT2D eigenvalue weighted by Crippen LogP contribution is -1.95. The van der Waals surface area contributed by atoms with Crippen LogP contribution in [0.5, 0.6) is 0 Å². The predicted molar refractivity (Wildman–Crippen MR) is 203 cm³/mol. The first-order chi connectivity index (χ1) is 23.3. The van der Waals surface area contributed by atoms with E-state index in [1.54, 1.807) is 0 Å². The van der Waals surface area contributed by atoms with Crippen molar-refractivity contribution in [2.45, 2.75) is 6.92 Å². The zero-order valence-corrected chi connectivity index (χ0v) is 25.9. The second-order valence-electron chi connectivity index (χ2n) is 13.2. The van der Waals surface area contributed by atoms with Crippen LogP contribution >= 0.6 is 0 Å². The fourth-order valence-electron chi connectivity index (χ4n) is 8.98. The van der Waals surface area contributed by atoms with Crippen molar-refractivity contribution in [2.24, 2.45) is 0 Å². The fraction of sp³-hybridized carbons (Fsp3) is 0.0213. The molecule has 0 aromatic heterocycles. The van der Waals surface area contributed by atoms with Crippen molar-refractivity contribution in [3.63, 3.8) is 0 Å². The van der Waals surface area contributed by atoms with Crippen LogP contribution in [0.4, 0.5) is 0 Å². The van der Waals surface area contributed by atoms with Crippen molar-refractivity contribution >= 4 is 64.6 Å². The highest BCUT2D eigenvalue weighted by Crippen LogP contribution is 2.60. The summed E-state index contributed by atoms with van der Waals surface area (Å²) in [6.07, 6.45) is 0. The minimum atomic E-state index is 1.27. The Kier molecular flexibility index (Phi) is 4.86. The van der Waals surface area contributed by atoms with E-state index < -0.39 is 0 Å². The molecule has 216 valence electrons. The number of hydrogen-bond acceptors (Lipinski definition) is 0. The maximum Gasteiger partial charge on any atom is -0.000718 e. The quantitative estimate of drug-likeness (QED) is 0.138. The van der Waals surface area contributed by atoms with Gasteiger partial charge in [-0.1, -0.05) is 152 Å². The average molecular weight is 593 g/mol. The molecule has 0 aliphatic heterocycles. The Balaban J connectivity index is 1.41. The highest BCUT2D eigenvalue weighted by atomic mass is 14.3. The summed E-state index contributed by atoms with van der Waals surface area (Å²) >= 11 is 0. The molecule has 0 unspecified atom stereocenters. The van der Waals surface area contributed by atoms with Crippen molar-refractivity contribution in [1.29, 1.82) is 0 Å². The summed E-state index contributed by atoms with van der Waals surface area (Å²) < 4.78 is 0. The third-order valence-corrected chi connectivity index (χ3v) is 10.9. The summed E-state index contributed by atoms with van der Waals surface area (Å²) in [6, 6.07) is 56.9. The smallest absolute Gasteiger partial charge is 0.000718 e. The van der Waals surface area contributed by atoms with Crippen molar-refractivity contribution < 1.29 is 0 Å². The van der Waals surface area contributed by atoms with Crippen molar-refractivity contribution in [2.75, 3.05) is 0 Å². The average Bonchev–Trinajstić information content (AvgIpc) is 3.46. The van der Waals surface area contributed by atoms with Gasteiger partial charge in [-0.2, -0.15) is 0 Å². The van der Waals surface area contributed by atoms with Gasteiger partial charge < -0.3 is 0 Å². The van der Waals surface area contributed by atoms with Crippen LogP contribution < -0.4 is 0 Å². The van der Waals surface area contributed by atoms with E-state index in [1.165, 1.54) is 115 Å². The van der Waals surface area contributed by atoms with Gasteiger partial charge in [-0.15, -0.1) is 0 Å². The highest BCUT2D eigenvalue weighted by Gasteiger charge is 2.32. The molecule has 0 heteroatoms. The molecule has 0 fully saturated rings. The molecule has 0 amide bonds. The van der Waals surface area contributed by atoms with Gasteiger partial charge in [-0.05, 0) is 122 Å². The molecule has 47 heavy (non-hydrogen) atoms.